The molecule has 0 aliphatic carbocycles. The molecule has 7 heteroatoms. The average Bonchev–Trinajstić information content (AvgIpc) is 2.74. The van der Waals surface area contributed by atoms with Crippen molar-refractivity contribution >= 4 is 46.1 Å². The predicted octanol–water partition coefficient (Wildman–Crippen LogP) is 3.99. The summed E-state index contributed by atoms with van der Waals surface area (Å²) in [5.41, 5.74) is 1.63. The molecule has 3 nitrogen and oxygen atoms in total. The second kappa shape index (κ2) is 4.53. The number of hydrogen-bond donors (Lipinski definition) is 0. The quantitative estimate of drug-likeness (QED) is 0.785. The first-order valence-corrected chi connectivity index (χ1v) is 6.58. The highest BCUT2D eigenvalue weighted by Gasteiger charge is 2.15. The van der Waals surface area contributed by atoms with Gasteiger partial charge in [0.1, 0.15) is 5.15 Å². The van der Waals surface area contributed by atoms with Crippen LogP contribution in [0, 0.1) is 13.8 Å². The maximum Gasteiger partial charge on any atom is 0.212 e. The number of aromatic nitrogens is 3. The van der Waals surface area contributed by atoms with E-state index in [0.29, 0.717) is 21.2 Å². The van der Waals surface area contributed by atoms with Gasteiger partial charge in [0.05, 0.1) is 27.2 Å². The number of aryl methyl sites for hydroxylation is 1. The third-order valence-electron chi connectivity index (χ3n) is 2.14. The highest BCUT2D eigenvalue weighted by atomic mass is 35.5. The van der Waals surface area contributed by atoms with Crippen molar-refractivity contribution in [3.05, 3.63) is 26.4 Å². The van der Waals surface area contributed by atoms with Crippen LogP contribution in [0.1, 0.15) is 16.3 Å². The van der Waals surface area contributed by atoms with Crippen molar-refractivity contribution in [2.75, 3.05) is 0 Å². The Morgan fingerprint density at radius 2 is 2.00 bits per heavy atom. The van der Waals surface area contributed by atoms with Gasteiger partial charge in [-0.15, -0.1) is 11.6 Å². The molecule has 0 unspecified atom stereocenters. The number of nitrogens with zero attached hydrogens (tertiary/aromatic N) is 3. The van der Waals surface area contributed by atoms with Crippen LogP contribution < -0.4 is 0 Å². The molecule has 0 amide bonds. The monoisotopic (exact) mass is 295 g/mol. The Bertz CT molecular complexity index is 532. The number of rotatable bonds is 2. The lowest BCUT2D eigenvalue weighted by molar-refractivity contribution is 0.825. The molecule has 0 fully saturated rings. The SMILES string of the molecule is Cc1nn(-c2nc(Cl)c(CCl)s2)c(C)c1Cl. The van der Waals surface area contributed by atoms with Crippen molar-refractivity contribution in [3.63, 3.8) is 0 Å². The zero-order chi connectivity index (χ0) is 11.9. The molecule has 0 saturated heterocycles. The van der Waals surface area contributed by atoms with E-state index in [4.69, 9.17) is 34.8 Å². The van der Waals surface area contributed by atoms with Crippen molar-refractivity contribution in [3.8, 4) is 5.13 Å². The van der Waals surface area contributed by atoms with Crippen molar-refractivity contribution < 1.29 is 0 Å². The van der Waals surface area contributed by atoms with Gasteiger partial charge in [-0.25, -0.2) is 9.67 Å². The predicted molar refractivity (Wildman–Crippen MR) is 68.3 cm³/mol. The number of hydrogen-bond acceptors (Lipinski definition) is 3. The van der Waals surface area contributed by atoms with Gasteiger partial charge in [-0.2, -0.15) is 5.10 Å². The second-order valence-electron chi connectivity index (χ2n) is 3.24. The Balaban J connectivity index is 2.54. The minimum Gasteiger partial charge on any atom is -0.209 e. The van der Waals surface area contributed by atoms with Crippen LogP contribution >= 0.6 is 46.1 Å². The molecule has 86 valence electrons. The van der Waals surface area contributed by atoms with E-state index >= 15 is 0 Å². The second-order valence-corrected chi connectivity index (χ2v) is 5.31. The van der Waals surface area contributed by atoms with Crippen LogP contribution in [0.3, 0.4) is 0 Å². The molecule has 0 spiro atoms. The molecule has 0 aromatic carbocycles. The Hall–Kier alpha value is -0.290. The lowest BCUT2D eigenvalue weighted by atomic mass is 10.4. The molecule has 2 aromatic rings. The fraction of sp³-hybridized carbons (Fsp3) is 0.333. The van der Waals surface area contributed by atoms with Crippen molar-refractivity contribution in [1.29, 1.82) is 0 Å². The minimum absolute atomic E-state index is 0.351. The largest absolute Gasteiger partial charge is 0.212 e. The molecule has 2 aromatic heterocycles. The molecular formula is C9H8Cl3N3S. The molecule has 0 aliphatic heterocycles. The van der Waals surface area contributed by atoms with E-state index < -0.39 is 0 Å². The highest BCUT2D eigenvalue weighted by Crippen LogP contribution is 2.29. The normalized spacial score (nSPS) is 11.1. The summed E-state index contributed by atoms with van der Waals surface area (Å²) in [6.07, 6.45) is 0. The molecular weight excluding hydrogens is 289 g/mol. The summed E-state index contributed by atoms with van der Waals surface area (Å²) in [5.74, 6) is 0.351. The molecule has 0 N–H and O–H groups in total. The Morgan fingerprint density at radius 3 is 2.44 bits per heavy atom. The fourth-order valence-corrected chi connectivity index (χ4v) is 2.90. The van der Waals surface area contributed by atoms with Gasteiger partial charge in [-0.05, 0) is 13.8 Å². The van der Waals surface area contributed by atoms with Gasteiger partial charge in [0, 0.05) is 0 Å². The topological polar surface area (TPSA) is 30.7 Å². The number of alkyl halides is 1. The van der Waals surface area contributed by atoms with E-state index in [1.165, 1.54) is 11.3 Å². The molecule has 16 heavy (non-hydrogen) atoms. The molecule has 0 radical (unpaired) electrons. The first-order chi connectivity index (χ1) is 7.54. The van der Waals surface area contributed by atoms with E-state index in [-0.39, 0.29) is 0 Å². The number of thiazole rings is 1. The molecule has 0 aliphatic rings. The van der Waals surface area contributed by atoms with Crippen LogP contribution in [0.4, 0.5) is 0 Å². The molecule has 2 heterocycles. The van der Waals surface area contributed by atoms with Crippen LogP contribution in [0.5, 0.6) is 0 Å². The van der Waals surface area contributed by atoms with Crippen molar-refractivity contribution in [2.45, 2.75) is 19.7 Å². The van der Waals surface area contributed by atoms with E-state index in [9.17, 15) is 0 Å². The van der Waals surface area contributed by atoms with E-state index in [1.54, 1.807) is 4.68 Å². The molecule has 0 bridgehead atoms. The van der Waals surface area contributed by atoms with Crippen LogP contribution in [-0.4, -0.2) is 14.8 Å². The summed E-state index contributed by atoms with van der Waals surface area (Å²) in [7, 11) is 0. The third kappa shape index (κ3) is 1.95. The standard InChI is InChI=1S/C9H8Cl3N3S/c1-4-7(11)5(2)15(14-4)9-13-8(12)6(3-10)16-9/h3H2,1-2H3. The number of halogens is 3. The molecule has 0 atom stereocenters. The fourth-order valence-electron chi connectivity index (χ4n) is 1.30. The van der Waals surface area contributed by atoms with Crippen LogP contribution in [0.25, 0.3) is 5.13 Å². The maximum absolute atomic E-state index is 6.06. The van der Waals surface area contributed by atoms with Gasteiger partial charge in [0.25, 0.3) is 0 Å². The summed E-state index contributed by atoms with van der Waals surface area (Å²) >= 11 is 19.2. The Labute approximate surface area is 112 Å². The lowest BCUT2D eigenvalue weighted by Gasteiger charge is -1.97. The van der Waals surface area contributed by atoms with Gasteiger partial charge in [-0.1, -0.05) is 34.5 Å². The molecule has 2 rings (SSSR count). The molecule has 0 saturated carbocycles. The zero-order valence-electron chi connectivity index (χ0n) is 8.59. The summed E-state index contributed by atoms with van der Waals surface area (Å²) in [6.45, 7) is 3.74. The average molecular weight is 297 g/mol. The van der Waals surface area contributed by atoms with Gasteiger partial charge in [0.2, 0.25) is 5.13 Å². The van der Waals surface area contributed by atoms with Crippen LogP contribution in [0.15, 0.2) is 0 Å². The van der Waals surface area contributed by atoms with Gasteiger partial charge in [0.15, 0.2) is 0 Å². The van der Waals surface area contributed by atoms with Gasteiger partial charge < -0.3 is 0 Å². The van der Waals surface area contributed by atoms with Gasteiger partial charge in [-0.3, -0.25) is 0 Å². The minimum atomic E-state index is 0.351. The van der Waals surface area contributed by atoms with Gasteiger partial charge >= 0.3 is 0 Å². The van der Waals surface area contributed by atoms with E-state index in [0.717, 1.165) is 16.3 Å². The summed E-state index contributed by atoms with van der Waals surface area (Å²) < 4.78 is 1.68. The van der Waals surface area contributed by atoms with Crippen LogP contribution in [-0.2, 0) is 5.88 Å². The lowest BCUT2D eigenvalue weighted by Crippen LogP contribution is -1.97. The van der Waals surface area contributed by atoms with Crippen molar-refractivity contribution in [1.82, 2.24) is 14.8 Å². The Kier molecular flexibility index (Phi) is 3.45. The first kappa shape index (κ1) is 12.2. The third-order valence-corrected chi connectivity index (χ3v) is 4.57. The smallest absolute Gasteiger partial charge is 0.209 e. The van der Waals surface area contributed by atoms with Crippen molar-refractivity contribution in [2.24, 2.45) is 0 Å². The summed E-state index contributed by atoms with van der Waals surface area (Å²) in [6, 6.07) is 0. The maximum atomic E-state index is 6.06. The summed E-state index contributed by atoms with van der Waals surface area (Å²) in [5, 5.41) is 6.07. The van der Waals surface area contributed by atoms with E-state index in [1.807, 2.05) is 13.8 Å². The summed E-state index contributed by atoms with van der Waals surface area (Å²) in [4.78, 5) is 5.04. The highest BCUT2D eigenvalue weighted by molar-refractivity contribution is 7.14. The zero-order valence-corrected chi connectivity index (χ0v) is 11.7. The first-order valence-electron chi connectivity index (χ1n) is 4.48. The Morgan fingerprint density at radius 1 is 1.31 bits per heavy atom. The van der Waals surface area contributed by atoms with Crippen LogP contribution in [0.2, 0.25) is 10.2 Å². The van der Waals surface area contributed by atoms with E-state index in [2.05, 4.69) is 10.1 Å².